The Morgan fingerprint density at radius 1 is 1.45 bits per heavy atom. The molecule has 1 aliphatic carbocycles. The fraction of sp³-hybridized carbons (Fsp3) is 0.562. The largest absolute Gasteiger partial charge is 0.397 e. The predicted octanol–water partition coefficient (Wildman–Crippen LogP) is 3.83. The van der Waals surface area contributed by atoms with E-state index in [1.165, 1.54) is 25.7 Å². The molecule has 1 fully saturated rings. The van der Waals surface area contributed by atoms with E-state index in [1.54, 1.807) is 11.8 Å². The topological polar surface area (TPSA) is 55.1 Å². The maximum atomic E-state index is 12.0. The first kappa shape index (κ1) is 15.2. The van der Waals surface area contributed by atoms with Crippen molar-refractivity contribution in [2.24, 2.45) is 5.92 Å². The van der Waals surface area contributed by atoms with Crippen molar-refractivity contribution in [3.63, 3.8) is 0 Å². The smallest absolute Gasteiger partial charge is 0.234 e. The highest BCUT2D eigenvalue weighted by molar-refractivity contribution is 8.00. The van der Waals surface area contributed by atoms with Crippen LogP contribution in [0.25, 0.3) is 0 Å². The Kier molecular flexibility index (Phi) is 5.35. The third-order valence-electron chi connectivity index (χ3n) is 3.82. The number of amides is 1. The molecular formula is C16H24N2OS. The van der Waals surface area contributed by atoms with E-state index in [2.05, 4.69) is 12.2 Å². The van der Waals surface area contributed by atoms with Crippen molar-refractivity contribution in [1.82, 2.24) is 0 Å². The summed E-state index contributed by atoms with van der Waals surface area (Å²) < 4.78 is 0. The number of nitrogen functional groups attached to an aromatic ring is 1. The molecule has 2 unspecified atom stereocenters. The Hall–Kier alpha value is -1.16. The second-order valence-corrected chi connectivity index (χ2v) is 7.13. The molecule has 0 aromatic heterocycles. The van der Waals surface area contributed by atoms with Gasteiger partial charge in [0.25, 0.3) is 0 Å². The van der Waals surface area contributed by atoms with Crippen LogP contribution in [0.1, 0.15) is 38.2 Å². The number of thioether (sulfide) groups is 1. The second kappa shape index (κ2) is 7.02. The number of hydrogen-bond acceptors (Lipinski definition) is 3. The lowest BCUT2D eigenvalue weighted by Gasteiger charge is -2.25. The van der Waals surface area contributed by atoms with E-state index in [0.717, 1.165) is 17.2 Å². The number of nitrogens with one attached hydrogen (secondary N) is 1. The zero-order valence-corrected chi connectivity index (χ0v) is 13.1. The molecule has 20 heavy (non-hydrogen) atoms. The summed E-state index contributed by atoms with van der Waals surface area (Å²) in [6.45, 7) is 4.29. The van der Waals surface area contributed by atoms with Crippen molar-refractivity contribution in [1.29, 1.82) is 0 Å². The van der Waals surface area contributed by atoms with Gasteiger partial charge in [-0.1, -0.05) is 25.8 Å². The van der Waals surface area contributed by atoms with Crippen LogP contribution in [0.5, 0.6) is 0 Å². The van der Waals surface area contributed by atoms with Crippen LogP contribution in [0.2, 0.25) is 0 Å². The lowest BCUT2D eigenvalue weighted by molar-refractivity contribution is -0.113. The molecule has 0 aliphatic heterocycles. The van der Waals surface area contributed by atoms with E-state index in [1.807, 2.05) is 25.1 Å². The van der Waals surface area contributed by atoms with Crippen LogP contribution in [-0.2, 0) is 4.79 Å². The Labute approximate surface area is 125 Å². The van der Waals surface area contributed by atoms with Crippen molar-refractivity contribution < 1.29 is 4.79 Å². The second-order valence-electron chi connectivity index (χ2n) is 5.84. The van der Waals surface area contributed by atoms with E-state index in [0.29, 0.717) is 16.7 Å². The Balaban J connectivity index is 1.80. The average molecular weight is 292 g/mol. The molecule has 0 spiro atoms. The lowest BCUT2D eigenvalue weighted by Crippen LogP contribution is -2.20. The molecule has 1 aromatic rings. The predicted molar refractivity (Wildman–Crippen MR) is 88.1 cm³/mol. The van der Waals surface area contributed by atoms with Crippen molar-refractivity contribution in [3.8, 4) is 0 Å². The number of carbonyl (C=O) groups excluding carboxylic acids is 1. The highest BCUT2D eigenvalue weighted by Crippen LogP contribution is 2.32. The van der Waals surface area contributed by atoms with Gasteiger partial charge in [0, 0.05) is 5.25 Å². The van der Waals surface area contributed by atoms with Gasteiger partial charge in [-0.05, 0) is 43.4 Å². The van der Waals surface area contributed by atoms with Gasteiger partial charge in [0.05, 0.1) is 17.1 Å². The number of aryl methyl sites for hydroxylation is 1. The molecule has 2 rings (SSSR count). The van der Waals surface area contributed by atoms with Crippen LogP contribution < -0.4 is 11.1 Å². The minimum Gasteiger partial charge on any atom is -0.397 e. The van der Waals surface area contributed by atoms with E-state index in [4.69, 9.17) is 5.73 Å². The molecule has 3 N–H and O–H groups in total. The van der Waals surface area contributed by atoms with Gasteiger partial charge in [-0.15, -0.1) is 11.8 Å². The number of nitrogens with two attached hydrogens (primary N) is 1. The standard InChI is InChI=1S/C16H24N2OS/c1-11-4-3-5-13(8-11)20-10-16(19)18-15-7-6-12(2)9-14(15)17/h6-7,9,11,13H,3-5,8,10,17H2,1-2H3,(H,18,19). The Bertz CT molecular complexity index is 476. The van der Waals surface area contributed by atoms with Gasteiger partial charge in [-0.2, -0.15) is 0 Å². The van der Waals surface area contributed by atoms with Gasteiger partial charge in [-0.25, -0.2) is 0 Å². The summed E-state index contributed by atoms with van der Waals surface area (Å²) >= 11 is 1.78. The lowest BCUT2D eigenvalue weighted by atomic mass is 9.91. The van der Waals surface area contributed by atoms with Gasteiger partial charge >= 0.3 is 0 Å². The highest BCUT2D eigenvalue weighted by Gasteiger charge is 2.20. The van der Waals surface area contributed by atoms with E-state index in [-0.39, 0.29) is 5.91 Å². The SMILES string of the molecule is Cc1ccc(NC(=O)CSC2CCCC(C)C2)c(N)c1. The fourth-order valence-electron chi connectivity index (χ4n) is 2.71. The number of anilines is 2. The van der Waals surface area contributed by atoms with Crippen molar-refractivity contribution in [3.05, 3.63) is 23.8 Å². The number of hydrogen-bond donors (Lipinski definition) is 2. The van der Waals surface area contributed by atoms with Crippen LogP contribution >= 0.6 is 11.8 Å². The quantitative estimate of drug-likeness (QED) is 0.829. The minimum absolute atomic E-state index is 0.0452. The van der Waals surface area contributed by atoms with Crippen LogP contribution in [0.4, 0.5) is 11.4 Å². The number of rotatable bonds is 4. The summed E-state index contributed by atoms with van der Waals surface area (Å²) in [6, 6.07) is 5.71. The van der Waals surface area contributed by atoms with Crippen molar-refractivity contribution >= 4 is 29.0 Å². The fourth-order valence-corrected chi connectivity index (χ4v) is 3.96. The summed E-state index contributed by atoms with van der Waals surface area (Å²) in [5, 5.41) is 3.54. The third kappa shape index (κ3) is 4.44. The molecule has 1 amide bonds. The molecule has 1 aromatic carbocycles. The third-order valence-corrected chi connectivity index (χ3v) is 5.15. The van der Waals surface area contributed by atoms with Gasteiger partial charge < -0.3 is 11.1 Å². The molecule has 0 bridgehead atoms. The molecular weight excluding hydrogens is 268 g/mol. The molecule has 110 valence electrons. The van der Waals surface area contributed by atoms with E-state index >= 15 is 0 Å². The molecule has 0 saturated heterocycles. The number of carbonyl (C=O) groups is 1. The van der Waals surface area contributed by atoms with Gasteiger partial charge in [-0.3, -0.25) is 4.79 Å². The van der Waals surface area contributed by atoms with E-state index < -0.39 is 0 Å². The maximum absolute atomic E-state index is 12.0. The molecule has 0 heterocycles. The molecule has 3 nitrogen and oxygen atoms in total. The first-order valence-electron chi connectivity index (χ1n) is 7.32. The number of benzene rings is 1. The molecule has 4 heteroatoms. The summed E-state index contributed by atoms with van der Waals surface area (Å²) in [4.78, 5) is 12.0. The first-order chi connectivity index (χ1) is 9.54. The monoisotopic (exact) mass is 292 g/mol. The highest BCUT2D eigenvalue weighted by atomic mass is 32.2. The molecule has 1 saturated carbocycles. The summed E-state index contributed by atoms with van der Waals surface area (Å²) in [5.41, 5.74) is 8.36. The minimum atomic E-state index is 0.0452. The van der Waals surface area contributed by atoms with Crippen LogP contribution in [0.15, 0.2) is 18.2 Å². The Morgan fingerprint density at radius 3 is 2.95 bits per heavy atom. The Morgan fingerprint density at radius 2 is 2.25 bits per heavy atom. The maximum Gasteiger partial charge on any atom is 0.234 e. The van der Waals surface area contributed by atoms with Crippen molar-refractivity contribution in [2.75, 3.05) is 16.8 Å². The van der Waals surface area contributed by atoms with Crippen molar-refractivity contribution in [2.45, 2.75) is 44.8 Å². The van der Waals surface area contributed by atoms with Gasteiger partial charge in [0.2, 0.25) is 5.91 Å². The zero-order chi connectivity index (χ0) is 14.5. The normalized spacial score (nSPS) is 22.5. The first-order valence-corrected chi connectivity index (χ1v) is 8.37. The summed E-state index contributed by atoms with van der Waals surface area (Å²) in [7, 11) is 0. The van der Waals surface area contributed by atoms with E-state index in [9.17, 15) is 4.79 Å². The molecule has 0 radical (unpaired) electrons. The van der Waals surface area contributed by atoms with Crippen LogP contribution in [0, 0.1) is 12.8 Å². The zero-order valence-electron chi connectivity index (χ0n) is 12.3. The van der Waals surface area contributed by atoms with Crippen LogP contribution in [0.3, 0.4) is 0 Å². The molecule has 2 atom stereocenters. The van der Waals surface area contributed by atoms with Gasteiger partial charge in [0.1, 0.15) is 0 Å². The summed E-state index contributed by atoms with van der Waals surface area (Å²) in [6.07, 6.45) is 5.12. The van der Waals surface area contributed by atoms with Gasteiger partial charge in [0.15, 0.2) is 0 Å². The average Bonchev–Trinajstić information content (AvgIpc) is 2.40. The molecule has 1 aliphatic rings. The summed E-state index contributed by atoms with van der Waals surface area (Å²) in [5.74, 6) is 1.37. The van der Waals surface area contributed by atoms with Crippen LogP contribution in [-0.4, -0.2) is 16.9 Å².